The van der Waals surface area contributed by atoms with Crippen LogP contribution in [0.2, 0.25) is 0 Å². The van der Waals surface area contributed by atoms with Crippen LogP contribution in [0.15, 0.2) is 54.7 Å². The van der Waals surface area contributed by atoms with Crippen LogP contribution < -0.4 is 14.2 Å². The van der Waals surface area contributed by atoms with E-state index >= 15 is 4.39 Å². The summed E-state index contributed by atoms with van der Waals surface area (Å²) in [6.45, 7) is 4.68. The van der Waals surface area contributed by atoms with Crippen LogP contribution in [0.4, 0.5) is 4.39 Å². The molecule has 0 spiro atoms. The van der Waals surface area contributed by atoms with Crippen LogP contribution in [0.25, 0.3) is 10.9 Å². The van der Waals surface area contributed by atoms with Crippen LogP contribution in [0.5, 0.6) is 23.0 Å². The highest BCUT2D eigenvalue weighted by atomic mass is 19.1. The highest BCUT2D eigenvalue weighted by Gasteiger charge is 2.32. The van der Waals surface area contributed by atoms with E-state index in [1.807, 2.05) is 41.1 Å². The summed E-state index contributed by atoms with van der Waals surface area (Å²) in [5, 5.41) is 15.5. The average Bonchev–Trinajstić information content (AvgIpc) is 3.69. The molecule has 0 radical (unpaired) electrons. The van der Waals surface area contributed by atoms with E-state index < -0.39 is 11.7 Å². The maximum Gasteiger partial charge on any atom is 0.305 e. The lowest BCUT2D eigenvalue weighted by Crippen LogP contribution is -2.21. The van der Waals surface area contributed by atoms with Gasteiger partial charge in [0, 0.05) is 47.0 Å². The quantitative estimate of drug-likeness (QED) is 0.213. The van der Waals surface area contributed by atoms with Gasteiger partial charge in [-0.05, 0) is 75.9 Å². The molecule has 0 bridgehead atoms. The molecule has 2 atom stereocenters. The molecule has 1 aliphatic heterocycles. The Balaban J connectivity index is 1.16. The smallest absolute Gasteiger partial charge is 0.305 e. The Hall–Kier alpha value is -4.11. The fourth-order valence-corrected chi connectivity index (χ4v) is 5.80. The second-order valence-corrected chi connectivity index (χ2v) is 11.7. The zero-order valence-electron chi connectivity index (χ0n) is 24.1. The van der Waals surface area contributed by atoms with Gasteiger partial charge in [-0.3, -0.25) is 9.48 Å². The van der Waals surface area contributed by atoms with Gasteiger partial charge in [0.2, 0.25) is 0 Å². The van der Waals surface area contributed by atoms with Crippen molar-refractivity contribution in [3.63, 3.8) is 0 Å². The van der Waals surface area contributed by atoms with Crippen LogP contribution in [0.3, 0.4) is 0 Å². The number of carbonyl (C=O) groups is 1. The molecule has 0 amide bonds. The highest BCUT2D eigenvalue weighted by molar-refractivity contribution is 5.80. The summed E-state index contributed by atoms with van der Waals surface area (Å²) in [4.78, 5) is 11.6. The fourth-order valence-electron chi connectivity index (χ4n) is 5.80. The lowest BCUT2D eigenvalue weighted by atomic mass is 9.96. The zero-order valence-corrected chi connectivity index (χ0v) is 24.1. The second-order valence-electron chi connectivity index (χ2n) is 11.7. The molecule has 4 aromatic rings. The fraction of sp³-hybridized carbons (Fsp3) is 0.394. The first kappa shape index (κ1) is 28.0. The number of esters is 1. The largest absolute Gasteiger partial charge is 0.493 e. The number of hydrogen-bond acceptors (Lipinski definition) is 7. The molecule has 6 rings (SSSR count). The summed E-state index contributed by atoms with van der Waals surface area (Å²) >= 11 is 0. The van der Waals surface area contributed by atoms with E-state index in [9.17, 15) is 9.90 Å². The van der Waals surface area contributed by atoms with Crippen LogP contribution >= 0.6 is 0 Å². The number of ether oxygens (including phenoxy) is 4. The Labute approximate surface area is 244 Å². The Morgan fingerprint density at radius 1 is 1.17 bits per heavy atom. The topological polar surface area (TPSA) is 92.0 Å². The number of hydrogen-bond donors (Lipinski definition) is 1. The normalized spacial score (nSPS) is 17.5. The van der Waals surface area contributed by atoms with E-state index in [1.165, 1.54) is 13.2 Å². The van der Waals surface area contributed by atoms with Gasteiger partial charge in [0.15, 0.2) is 0 Å². The van der Waals surface area contributed by atoms with E-state index in [0.717, 1.165) is 27.8 Å². The third-order valence-electron chi connectivity index (χ3n) is 8.08. The Bertz CT molecular complexity index is 1630. The first-order valence-electron chi connectivity index (χ1n) is 14.4. The van der Waals surface area contributed by atoms with Crippen LogP contribution in [0.1, 0.15) is 68.2 Å². The highest BCUT2D eigenvalue weighted by Crippen LogP contribution is 2.44. The molecule has 2 heterocycles. The first-order valence-corrected chi connectivity index (χ1v) is 14.4. The van der Waals surface area contributed by atoms with Crippen molar-refractivity contribution in [1.29, 1.82) is 0 Å². The average molecular weight is 575 g/mol. The molecular weight excluding hydrogens is 539 g/mol. The van der Waals surface area contributed by atoms with Gasteiger partial charge in [0.1, 0.15) is 34.9 Å². The predicted octanol–water partition coefficient (Wildman–Crippen LogP) is 6.62. The number of aliphatic hydroxyl groups is 1. The minimum atomic E-state index is -0.768. The molecule has 1 aromatic heterocycles. The maximum atomic E-state index is 15.2. The number of rotatable bonds is 10. The van der Waals surface area contributed by atoms with Crippen molar-refractivity contribution in [2.45, 2.75) is 70.1 Å². The summed E-state index contributed by atoms with van der Waals surface area (Å²) in [6.07, 6.45) is 4.17. The van der Waals surface area contributed by atoms with Crippen molar-refractivity contribution < 1.29 is 33.2 Å². The monoisotopic (exact) mass is 574 g/mol. The summed E-state index contributed by atoms with van der Waals surface area (Å²) in [6, 6.07) is 14.6. The van der Waals surface area contributed by atoms with Crippen molar-refractivity contribution in [2.24, 2.45) is 0 Å². The van der Waals surface area contributed by atoms with Crippen molar-refractivity contribution in [2.75, 3.05) is 13.7 Å². The molecule has 2 aliphatic rings. The molecule has 0 unspecified atom stereocenters. The minimum absolute atomic E-state index is 0.124. The van der Waals surface area contributed by atoms with Crippen LogP contribution in [-0.4, -0.2) is 40.2 Å². The van der Waals surface area contributed by atoms with Gasteiger partial charge in [0.05, 0.1) is 31.0 Å². The second kappa shape index (κ2) is 11.3. The summed E-state index contributed by atoms with van der Waals surface area (Å²) in [5.74, 6) is 2.17. The third kappa shape index (κ3) is 5.79. The van der Waals surface area contributed by atoms with E-state index in [1.54, 1.807) is 26.1 Å². The van der Waals surface area contributed by atoms with Gasteiger partial charge in [-0.2, -0.15) is 5.10 Å². The lowest BCUT2D eigenvalue weighted by molar-refractivity contribution is -0.140. The Morgan fingerprint density at radius 2 is 2.00 bits per heavy atom. The number of fused-ring (bicyclic) bond motifs is 3. The van der Waals surface area contributed by atoms with E-state index in [-0.39, 0.29) is 17.7 Å². The van der Waals surface area contributed by atoms with Gasteiger partial charge < -0.3 is 24.1 Å². The molecular formula is C33H35FN2O6. The van der Waals surface area contributed by atoms with Gasteiger partial charge >= 0.3 is 5.97 Å². The first-order chi connectivity index (χ1) is 20.2. The van der Waals surface area contributed by atoms with Crippen molar-refractivity contribution in [3.8, 4) is 23.0 Å². The third-order valence-corrected chi connectivity index (χ3v) is 8.08. The zero-order chi connectivity index (χ0) is 29.4. The molecule has 220 valence electrons. The van der Waals surface area contributed by atoms with Crippen LogP contribution in [-0.2, 0) is 22.5 Å². The molecule has 1 N–H and O–H groups in total. The van der Waals surface area contributed by atoms with E-state index in [2.05, 4.69) is 5.10 Å². The molecule has 1 aliphatic carbocycles. The number of methoxy groups -OCH3 is 1. The summed E-state index contributed by atoms with van der Waals surface area (Å²) in [5.41, 5.74) is 2.56. The van der Waals surface area contributed by atoms with Crippen molar-refractivity contribution in [1.82, 2.24) is 9.78 Å². The van der Waals surface area contributed by atoms with E-state index in [0.29, 0.717) is 68.1 Å². The van der Waals surface area contributed by atoms with Crippen molar-refractivity contribution >= 4 is 16.9 Å². The minimum Gasteiger partial charge on any atom is -0.493 e. The Morgan fingerprint density at radius 3 is 2.81 bits per heavy atom. The Kier molecular flexibility index (Phi) is 7.53. The summed E-state index contributed by atoms with van der Waals surface area (Å²) < 4.78 is 40.2. The number of aryl methyl sites for hydroxylation is 1. The maximum absolute atomic E-state index is 15.2. The number of aromatic nitrogens is 2. The number of halogens is 1. The van der Waals surface area contributed by atoms with Gasteiger partial charge in [-0.15, -0.1) is 0 Å². The SMILES string of the molecule is COC(=O)CC[C@@H]1COc2cc(O[C@@H]3CCc4c(Oc5ccc6c(cnn6CCC(C)(C)O)c5)ccc(F)c43)ccc21. The van der Waals surface area contributed by atoms with Crippen LogP contribution in [0, 0.1) is 5.82 Å². The predicted molar refractivity (Wildman–Crippen MR) is 155 cm³/mol. The lowest BCUT2D eigenvalue weighted by Gasteiger charge is -2.17. The molecule has 3 aromatic carbocycles. The van der Waals surface area contributed by atoms with E-state index in [4.69, 9.17) is 18.9 Å². The molecule has 0 fully saturated rings. The number of nitrogens with zero attached hydrogens (tertiary/aromatic N) is 2. The molecule has 0 saturated carbocycles. The number of benzene rings is 3. The molecule has 0 saturated heterocycles. The number of carbonyl (C=O) groups excluding carboxylic acids is 1. The standard InChI is InChI=1S/C33H35FN2O6/c1-33(2,38)14-15-36-27-10-6-22(16-21(27)18-35-36)41-28-12-9-26(34)32-25(28)8-11-29(32)42-23-5-7-24-20(4-13-31(37)39-3)19-40-30(24)17-23/h5-7,9-10,12,16-18,20,29,38H,4,8,11,13-15,19H2,1-3H3/t20-,29-/m1/s1. The van der Waals surface area contributed by atoms with Gasteiger partial charge in [-0.1, -0.05) is 6.07 Å². The molecule has 8 nitrogen and oxygen atoms in total. The van der Waals surface area contributed by atoms with Gasteiger partial charge in [0.25, 0.3) is 0 Å². The summed E-state index contributed by atoms with van der Waals surface area (Å²) in [7, 11) is 1.39. The van der Waals surface area contributed by atoms with Gasteiger partial charge in [-0.25, -0.2) is 4.39 Å². The molecule has 9 heteroatoms. The molecule has 42 heavy (non-hydrogen) atoms. The van der Waals surface area contributed by atoms with Crippen molar-refractivity contribution in [3.05, 3.63) is 77.2 Å².